The monoisotopic (exact) mass is 390 g/mol. The molecule has 3 aromatic rings. The van der Waals surface area contributed by atoms with E-state index in [1.54, 1.807) is 0 Å². The molecule has 0 unspecified atom stereocenters. The third-order valence-electron chi connectivity index (χ3n) is 6.21. The molecule has 0 amide bonds. The first-order valence-electron chi connectivity index (χ1n) is 10.3. The van der Waals surface area contributed by atoms with Crippen LogP contribution in [0.2, 0.25) is 0 Å². The second-order valence-electron chi connectivity index (χ2n) is 8.01. The lowest BCUT2D eigenvalue weighted by Crippen LogP contribution is -2.32. The van der Waals surface area contributed by atoms with Gasteiger partial charge in [-0.15, -0.1) is 0 Å². The first kappa shape index (κ1) is 18.2. The highest BCUT2D eigenvalue weighted by atomic mass is 16.5. The maximum Gasteiger partial charge on any atom is 0.320 e. The second-order valence-corrected chi connectivity index (χ2v) is 8.01. The number of benzene rings is 2. The molecule has 1 N–H and O–H groups in total. The molecule has 5 rings (SSSR count). The van der Waals surface area contributed by atoms with Crippen molar-refractivity contribution in [2.45, 2.75) is 31.8 Å². The van der Waals surface area contributed by atoms with Crippen LogP contribution in [0.25, 0.3) is 10.8 Å². The van der Waals surface area contributed by atoms with E-state index in [2.05, 4.69) is 69.3 Å². The lowest BCUT2D eigenvalue weighted by molar-refractivity contribution is 0.185. The van der Waals surface area contributed by atoms with E-state index in [0.717, 1.165) is 37.2 Å². The van der Waals surface area contributed by atoms with Crippen molar-refractivity contribution in [2.75, 3.05) is 31.6 Å². The molecule has 3 heterocycles. The van der Waals surface area contributed by atoms with Gasteiger partial charge in [-0.1, -0.05) is 36.4 Å². The van der Waals surface area contributed by atoms with Crippen LogP contribution in [0.3, 0.4) is 0 Å². The number of nitrogens with zero attached hydrogens (tertiary/aromatic N) is 4. The Morgan fingerprint density at radius 3 is 2.83 bits per heavy atom. The van der Waals surface area contributed by atoms with Gasteiger partial charge >= 0.3 is 6.01 Å². The minimum Gasteiger partial charge on any atom is -0.493 e. The summed E-state index contributed by atoms with van der Waals surface area (Å²) in [6, 6.07) is 15.5. The zero-order chi connectivity index (χ0) is 19.8. The van der Waals surface area contributed by atoms with Crippen molar-refractivity contribution in [2.24, 2.45) is 0 Å². The number of rotatable bonds is 4. The van der Waals surface area contributed by atoms with Gasteiger partial charge in [0.05, 0.1) is 12.2 Å². The van der Waals surface area contributed by atoms with Gasteiger partial charge < -0.3 is 19.6 Å². The van der Waals surface area contributed by atoms with Crippen molar-refractivity contribution in [1.29, 1.82) is 0 Å². The number of aromatic hydroxyl groups is 1. The van der Waals surface area contributed by atoms with E-state index in [0.29, 0.717) is 19.2 Å². The van der Waals surface area contributed by atoms with Crippen LogP contribution in [-0.2, 0) is 13.0 Å². The molecule has 0 saturated carbocycles. The highest BCUT2D eigenvalue weighted by Crippen LogP contribution is 2.33. The van der Waals surface area contributed by atoms with E-state index in [9.17, 15) is 5.11 Å². The predicted octanol–water partition coefficient (Wildman–Crippen LogP) is 3.37. The van der Waals surface area contributed by atoms with Gasteiger partial charge in [-0.3, -0.25) is 0 Å². The molecule has 0 spiro atoms. The lowest BCUT2D eigenvalue weighted by Gasteiger charge is -2.31. The number of fused-ring (bicyclic) bond motifs is 2. The molecule has 6 nitrogen and oxygen atoms in total. The number of likely N-dealkylation sites (N-methyl/N-ethyl adjacent to an activating group) is 1. The van der Waals surface area contributed by atoms with Crippen molar-refractivity contribution in [3.8, 4) is 11.9 Å². The van der Waals surface area contributed by atoms with Crippen molar-refractivity contribution in [3.63, 3.8) is 0 Å². The normalized spacial score (nSPS) is 19.5. The first-order chi connectivity index (χ1) is 14.2. The van der Waals surface area contributed by atoms with Crippen molar-refractivity contribution in [1.82, 2.24) is 14.9 Å². The topological polar surface area (TPSA) is 61.7 Å². The van der Waals surface area contributed by atoms with Gasteiger partial charge in [0.15, 0.2) is 0 Å². The standard InChI is InChI=1S/C23H26N4O2/c1-26-12-5-8-17(26)15-29-23-24-20-14-27(13-11-19(20)22(28)25-23)21-10-4-7-16-6-2-3-9-18(16)21/h2-4,6-7,9-10,17H,5,8,11-15H2,1H3,(H,24,25,28)/t17-/m0/s1. The number of anilines is 1. The van der Waals surface area contributed by atoms with Crippen molar-refractivity contribution >= 4 is 16.5 Å². The number of aromatic nitrogens is 2. The Morgan fingerprint density at radius 2 is 1.97 bits per heavy atom. The Hall–Kier alpha value is -2.86. The minimum absolute atomic E-state index is 0.0577. The summed E-state index contributed by atoms with van der Waals surface area (Å²) >= 11 is 0. The van der Waals surface area contributed by atoms with E-state index in [1.807, 2.05) is 0 Å². The third kappa shape index (κ3) is 3.49. The Morgan fingerprint density at radius 1 is 1.10 bits per heavy atom. The minimum atomic E-state index is 0.0577. The molecule has 6 heteroatoms. The van der Waals surface area contributed by atoms with E-state index >= 15 is 0 Å². The summed E-state index contributed by atoms with van der Waals surface area (Å²) in [5.74, 6) is 0.0577. The maximum absolute atomic E-state index is 10.4. The summed E-state index contributed by atoms with van der Waals surface area (Å²) in [7, 11) is 2.12. The van der Waals surface area contributed by atoms with E-state index in [-0.39, 0.29) is 11.9 Å². The fraction of sp³-hybridized carbons (Fsp3) is 0.391. The molecule has 2 aliphatic heterocycles. The van der Waals surface area contributed by atoms with Crippen LogP contribution < -0.4 is 9.64 Å². The van der Waals surface area contributed by atoms with Crippen LogP contribution in [0.5, 0.6) is 11.9 Å². The zero-order valence-electron chi connectivity index (χ0n) is 16.7. The van der Waals surface area contributed by atoms with Gasteiger partial charge in [-0.05, 0) is 44.3 Å². The van der Waals surface area contributed by atoms with Crippen molar-refractivity contribution < 1.29 is 9.84 Å². The molecular weight excluding hydrogens is 364 g/mol. The van der Waals surface area contributed by atoms with Crippen LogP contribution in [0.4, 0.5) is 5.69 Å². The average Bonchev–Trinajstić information content (AvgIpc) is 3.16. The number of ether oxygens (including phenoxy) is 1. The van der Waals surface area contributed by atoms with E-state index < -0.39 is 0 Å². The van der Waals surface area contributed by atoms with Crippen LogP contribution in [0.15, 0.2) is 42.5 Å². The number of hydrogen-bond donors (Lipinski definition) is 1. The highest BCUT2D eigenvalue weighted by molar-refractivity contribution is 5.94. The summed E-state index contributed by atoms with van der Waals surface area (Å²) in [5, 5.41) is 12.9. The molecule has 0 bridgehead atoms. The van der Waals surface area contributed by atoms with Gasteiger partial charge in [-0.2, -0.15) is 9.97 Å². The zero-order valence-corrected chi connectivity index (χ0v) is 16.7. The van der Waals surface area contributed by atoms with E-state index in [1.165, 1.54) is 22.9 Å². The van der Waals surface area contributed by atoms with Crippen molar-refractivity contribution in [3.05, 3.63) is 53.7 Å². The van der Waals surface area contributed by atoms with E-state index in [4.69, 9.17) is 4.74 Å². The van der Waals surface area contributed by atoms with Crippen LogP contribution >= 0.6 is 0 Å². The fourth-order valence-corrected chi connectivity index (χ4v) is 4.50. The second kappa shape index (κ2) is 7.52. The van der Waals surface area contributed by atoms with Gasteiger partial charge in [0.2, 0.25) is 5.88 Å². The SMILES string of the molecule is CN1CCC[C@H]1COc1nc(O)c2c(n1)CN(c1cccc3ccccc13)CC2. The average molecular weight is 390 g/mol. The van der Waals surface area contributed by atoms with Gasteiger partial charge in [0, 0.05) is 29.2 Å². The van der Waals surface area contributed by atoms with Gasteiger partial charge in [0.1, 0.15) is 6.61 Å². The van der Waals surface area contributed by atoms with Crippen LogP contribution in [0, 0.1) is 0 Å². The summed E-state index contributed by atoms with van der Waals surface area (Å²) < 4.78 is 5.88. The molecule has 1 saturated heterocycles. The molecule has 2 aliphatic rings. The summed E-state index contributed by atoms with van der Waals surface area (Å²) in [6.45, 7) is 3.12. The maximum atomic E-state index is 10.4. The molecule has 29 heavy (non-hydrogen) atoms. The summed E-state index contributed by atoms with van der Waals surface area (Å²) in [5.41, 5.74) is 2.89. The Bertz CT molecular complexity index is 1030. The molecule has 0 aliphatic carbocycles. The molecule has 150 valence electrons. The molecule has 0 radical (unpaired) electrons. The number of hydrogen-bond acceptors (Lipinski definition) is 6. The predicted molar refractivity (Wildman–Crippen MR) is 114 cm³/mol. The molecule has 2 aromatic carbocycles. The number of likely N-dealkylation sites (tertiary alicyclic amines) is 1. The fourth-order valence-electron chi connectivity index (χ4n) is 4.50. The smallest absolute Gasteiger partial charge is 0.320 e. The Kier molecular flexibility index (Phi) is 4.72. The van der Waals surface area contributed by atoms with Crippen LogP contribution in [0.1, 0.15) is 24.1 Å². The summed E-state index contributed by atoms with van der Waals surface area (Å²) in [6.07, 6.45) is 3.04. The third-order valence-corrected chi connectivity index (χ3v) is 6.21. The first-order valence-corrected chi connectivity index (χ1v) is 10.3. The molecular formula is C23H26N4O2. The highest BCUT2D eigenvalue weighted by Gasteiger charge is 2.25. The lowest BCUT2D eigenvalue weighted by atomic mass is 10.0. The molecule has 1 aromatic heterocycles. The summed E-state index contributed by atoms with van der Waals surface area (Å²) in [4.78, 5) is 13.5. The van der Waals surface area contributed by atoms with Gasteiger partial charge in [-0.25, -0.2) is 0 Å². The Balaban J connectivity index is 1.39. The Labute approximate surface area is 170 Å². The largest absolute Gasteiger partial charge is 0.493 e. The molecule has 1 atom stereocenters. The molecule has 1 fully saturated rings. The quantitative estimate of drug-likeness (QED) is 0.737. The van der Waals surface area contributed by atoms with Crippen LogP contribution in [-0.4, -0.2) is 52.8 Å². The van der Waals surface area contributed by atoms with Gasteiger partial charge in [0.25, 0.3) is 0 Å².